The topological polar surface area (TPSA) is 81.8 Å². The highest BCUT2D eigenvalue weighted by Gasteiger charge is 2.14. The molecule has 0 atom stereocenters. The van der Waals surface area contributed by atoms with Crippen molar-refractivity contribution >= 4 is 11.7 Å². The minimum absolute atomic E-state index is 0.0609. The third kappa shape index (κ3) is 4.25. The van der Waals surface area contributed by atoms with Crippen molar-refractivity contribution in [3.63, 3.8) is 0 Å². The highest BCUT2D eigenvalue weighted by Crippen LogP contribution is 2.26. The second kappa shape index (κ2) is 5.73. The van der Waals surface area contributed by atoms with Gasteiger partial charge in [-0.2, -0.15) is 0 Å². The Kier molecular flexibility index (Phi) is 4.55. The fourth-order valence-corrected chi connectivity index (χ4v) is 1.38. The van der Waals surface area contributed by atoms with Gasteiger partial charge in [0.1, 0.15) is 12.2 Å². The summed E-state index contributed by atoms with van der Waals surface area (Å²) in [5.41, 5.74) is 5.82. The molecule has 0 radical (unpaired) electrons. The highest BCUT2D eigenvalue weighted by atomic mass is 16.5. The summed E-state index contributed by atoms with van der Waals surface area (Å²) in [6, 6.07) is 4.64. The fourth-order valence-electron chi connectivity index (χ4n) is 1.38. The molecular formula is C13H19NO4. The molecule has 0 fully saturated rings. The first-order chi connectivity index (χ1) is 8.31. The molecule has 18 heavy (non-hydrogen) atoms. The SMILES string of the molecule is CC(C)(C)OCCOc1c(N)cccc1C(=O)O. The van der Waals surface area contributed by atoms with Crippen LogP contribution in [0, 0.1) is 0 Å². The van der Waals surface area contributed by atoms with E-state index in [-0.39, 0.29) is 23.5 Å². The molecule has 1 aromatic carbocycles. The lowest BCUT2D eigenvalue weighted by Gasteiger charge is -2.20. The summed E-state index contributed by atoms with van der Waals surface area (Å²) in [7, 11) is 0. The summed E-state index contributed by atoms with van der Waals surface area (Å²) >= 11 is 0. The van der Waals surface area contributed by atoms with Crippen LogP contribution in [0.25, 0.3) is 0 Å². The molecule has 0 heterocycles. The molecule has 0 aromatic heterocycles. The minimum atomic E-state index is -1.06. The number of rotatable bonds is 5. The molecule has 1 aromatic rings. The van der Waals surface area contributed by atoms with Gasteiger partial charge in [-0.25, -0.2) is 4.79 Å². The number of benzene rings is 1. The molecule has 100 valence electrons. The molecule has 5 nitrogen and oxygen atoms in total. The van der Waals surface area contributed by atoms with Gasteiger partial charge in [0.25, 0.3) is 0 Å². The van der Waals surface area contributed by atoms with Crippen LogP contribution in [-0.2, 0) is 4.74 Å². The average molecular weight is 253 g/mol. The minimum Gasteiger partial charge on any atom is -0.488 e. The lowest BCUT2D eigenvalue weighted by atomic mass is 10.2. The Morgan fingerprint density at radius 3 is 2.56 bits per heavy atom. The van der Waals surface area contributed by atoms with Crippen LogP contribution in [0.4, 0.5) is 5.69 Å². The zero-order valence-electron chi connectivity index (χ0n) is 10.9. The number of para-hydroxylation sites is 1. The van der Waals surface area contributed by atoms with Gasteiger partial charge in [0, 0.05) is 0 Å². The van der Waals surface area contributed by atoms with Crippen molar-refractivity contribution in [3.8, 4) is 5.75 Å². The van der Waals surface area contributed by atoms with Crippen molar-refractivity contribution < 1.29 is 19.4 Å². The molecule has 0 aliphatic heterocycles. The number of hydrogen-bond acceptors (Lipinski definition) is 4. The zero-order chi connectivity index (χ0) is 13.8. The van der Waals surface area contributed by atoms with Gasteiger partial charge in [-0.15, -0.1) is 0 Å². The second-order valence-corrected chi connectivity index (χ2v) is 4.84. The molecule has 0 amide bonds. The van der Waals surface area contributed by atoms with E-state index in [4.69, 9.17) is 20.3 Å². The van der Waals surface area contributed by atoms with Crippen LogP contribution in [0.15, 0.2) is 18.2 Å². The summed E-state index contributed by atoms with van der Waals surface area (Å²) in [6.45, 7) is 6.44. The van der Waals surface area contributed by atoms with E-state index in [9.17, 15) is 4.79 Å². The Hall–Kier alpha value is -1.75. The van der Waals surface area contributed by atoms with Crippen molar-refractivity contribution in [2.75, 3.05) is 18.9 Å². The molecule has 0 spiro atoms. The summed E-state index contributed by atoms with van der Waals surface area (Å²) in [6.07, 6.45) is 0. The quantitative estimate of drug-likeness (QED) is 0.620. The van der Waals surface area contributed by atoms with Gasteiger partial charge in [0.2, 0.25) is 0 Å². The van der Waals surface area contributed by atoms with E-state index in [1.807, 2.05) is 20.8 Å². The molecule has 1 rings (SSSR count). The first-order valence-corrected chi connectivity index (χ1v) is 5.70. The number of carboxylic acids is 1. The van der Waals surface area contributed by atoms with Gasteiger partial charge >= 0.3 is 5.97 Å². The van der Waals surface area contributed by atoms with Crippen molar-refractivity contribution in [1.29, 1.82) is 0 Å². The lowest BCUT2D eigenvalue weighted by molar-refractivity contribution is -0.0163. The number of aromatic carboxylic acids is 1. The predicted octanol–water partition coefficient (Wildman–Crippen LogP) is 2.16. The number of hydrogen-bond donors (Lipinski definition) is 2. The van der Waals surface area contributed by atoms with Gasteiger partial charge in [-0.1, -0.05) is 6.07 Å². The first kappa shape index (κ1) is 14.3. The van der Waals surface area contributed by atoms with E-state index in [0.29, 0.717) is 12.3 Å². The molecule has 0 unspecified atom stereocenters. The summed E-state index contributed by atoms with van der Waals surface area (Å²) in [5.74, 6) is -0.864. The van der Waals surface area contributed by atoms with E-state index in [0.717, 1.165) is 0 Å². The van der Waals surface area contributed by atoms with E-state index >= 15 is 0 Å². The van der Waals surface area contributed by atoms with Crippen LogP contribution < -0.4 is 10.5 Å². The fraction of sp³-hybridized carbons (Fsp3) is 0.462. The maximum Gasteiger partial charge on any atom is 0.339 e. The van der Waals surface area contributed by atoms with Crippen LogP contribution in [0.2, 0.25) is 0 Å². The van der Waals surface area contributed by atoms with Crippen LogP contribution >= 0.6 is 0 Å². The maximum atomic E-state index is 11.0. The smallest absolute Gasteiger partial charge is 0.339 e. The Morgan fingerprint density at radius 2 is 2.00 bits per heavy atom. The molecule has 0 saturated carbocycles. The molecule has 5 heteroatoms. The van der Waals surface area contributed by atoms with Gasteiger partial charge < -0.3 is 20.3 Å². The van der Waals surface area contributed by atoms with E-state index in [2.05, 4.69) is 0 Å². The van der Waals surface area contributed by atoms with Gasteiger partial charge in [0.15, 0.2) is 5.75 Å². The maximum absolute atomic E-state index is 11.0. The van der Waals surface area contributed by atoms with Gasteiger partial charge in [0.05, 0.1) is 17.9 Å². The van der Waals surface area contributed by atoms with Crippen LogP contribution in [0.5, 0.6) is 5.75 Å². The molecule has 3 N–H and O–H groups in total. The standard InChI is InChI=1S/C13H19NO4/c1-13(2,3)18-8-7-17-11-9(12(15)16)5-4-6-10(11)14/h4-6H,7-8,14H2,1-3H3,(H,15,16). The summed E-state index contributed by atoms with van der Waals surface area (Å²) < 4.78 is 10.9. The van der Waals surface area contributed by atoms with Crippen molar-refractivity contribution in [2.24, 2.45) is 0 Å². The Morgan fingerprint density at radius 1 is 1.33 bits per heavy atom. The number of carboxylic acid groups (broad SMARTS) is 1. The predicted molar refractivity (Wildman–Crippen MR) is 69.0 cm³/mol. The van der Waals surface area contributed by atoms with Crippen LogP contribution in [0.3, 0.4) is 0 Å². The van der Waals surface area contributed by atoms with Crippen molar-refractivity contribution in [1.82, 2.24) is 0 Å². The third-order valence-corrected chi connectivity index (χ3v) is 2.14. The zero-order valence-corrected chi connectivity index (χ0v) is 10.9. The number of ether oxygens (including phenoxy) is 2. The first-order valence-electron chi connectivity index (χ1n) is 5.70. The molecule has 0 aliphatic rings. The Bertz CT molecular complexity index is 423. The van der Waals surface area contributed by atoms with Gasteiger partial charge in [-0.3, -0.25) is 0 Å². The number of anilines is 1. The molecule has 0 saturated heterocycles. The largest absolute Gasteiger partial charge is 0.488 e. The van der Waals surface area contributed by atoms with Crippen LogP contribution in [0.1, 0.15) is 31.1 Å². The molecule has 0 aliphatic carbocycles. The normalized spacial score (nSPS) is 11.3. The molecule has 0 bridgehead atoms. The third-order valence-electron chi connectivity index (χ3n) is 2.14. The van der Waals surface area contributed by atoms with Crippen molar-refractivity contribution in [3.05, 3.63) is 23.8 Å². The highest BCUT2D eigenvalue weighted by molar-refractivity contribution is 5.93. The summed E-state index contributed by atoms with van der Waals surface area (Å²) in [4.78, 5) is 11.0. The average Bonchev–Trinajstić information content (AvgIpc) is 2.24. The van der Waals surface area contributed by atoms with E-state index in [1.165, 1.54) is 6.07 Å². The van der Waals surface area contributed by atoms with E-state index < -0.39 is 5.97 Å². The number of carbonyl (C=O) groups is 1. The summed E-state index contributed by atoms with van der Waals surface area (Å²) in [5, 5.41) is 9.01. The lowest BCUT2D eigenvalue weighted by Crippen LogP contribution is -2.22. The second-order valence-electron chi connectivity index (χ2n) is 4.84. The van der Waals surface area contributed by atoms with Crippen LogP contribution in [-0.4, -0.2) is 29.9 Å². The number of nitrogen functional groups attached to an aromatic ring is 1. The van der Waals surface area contributed by atoms with E-state index in [1.54, 1.807) is 12.1 Å². The monoisotopic (exact) mass is 253 g/mol. The Labute approximate surface area is 107 Å². The Balaban J connectivity index is 2.64. The van der Waals surface area contributed by atoms with Gasteiger partial charge in [-0.05, 0) is 32.9 Å². The molecular weight excluding hydrogens is 234 g/mol. The van der Waals surface area contributed by atoms with Crippen molar-refractivity contribution in [2.45, 2.75) is 26.4 Å². The number of nitrogens with two attached hydrogens (primary N) is 1.